The first kappa shape index (κ1) is 12.0. The maximum atomic E-state index is 11.6. The van der Waals surface area contributed by atoms with Crippen molar-refractivity contribution in [3.05, 3.63) is 29.3 Å². The van der Waals surface area contributed by atoms with Crippen LogP contribution < -0.4 is 16.8 Å². The lowest BCUT2D eigenvalue weighted by atomic mass is 10.1. The predicted octanol–water partition coefficient (Wildman–Crippen LogP) is 0.181. The first-order valence-corrected chi connectivity index (χ1v) is 4.88. The number of amides is 2. The molecule has 86 valence electrons. The van der Waals surface area contributed by atoms with Crippen LogP contribution in [0.4, 0.5) is 5.69 Å². The van der Waals surface area contributed by atoms with Gasteiger partial charge in [-0.3, -0.25) is 9.59 Å². The molecule has 0 spiro atoms. The number of anilines is 1. The van der Waals surface area contributed by atoms with Crippen molar-refractivity contribution >= 4 is 17.5 Å². The Balaban J connectivity index is 2.81. The number of primary amides is 1. The Kier molecular flexibility index (Phi) is 3.50. The van der Waals surface area contributed by atoms with Crippen molar-refractivity contribution in [3.63, 3.8) is 0 Å². The summed E-state index contributed by atoms with van der Waals surface area (Å²) in [7, 11) is 0. The minimum atomic E-state index is -0.699. The van der Waals surface area contributed by atoms with E-state index in [0.717, 1.165) is 5.56 Å². The van der Waals surface area contributed by atoms with Crippen molar-refractivity contribution in [2.75, 3.05) is 5.73 Å². The number of rotatable bonds is 3. The SMILES string of the molecule is Cc1ccc(C(=O)NC(C)C(N)=O)cc1N. The van der Waals surface area contributed by atoms with Gasteiger partial charge in [-0.1, -0.05) is 6.07 Å². The first-order chi connectivity index (χ1) is 7.41. The molecular weight excluding hydrogens is 206 g/mol. The zero-order valence-corrected chi connectivity index (χ0v) is 9.28. The van der Waals surface area contributed by atoms with Crippen LogP contribution in [0.25, 0.3) is 0 Å². The number of carbonyl (C=O) groups is 2. The normalized spacial score (nSPS) is 11.9. The van der Waals surface area contributed by atoms with E-state index in [4.69, 9.17) is 11.5 Å². The van der Waals surface area contributed by atoms with Gasteiger partial charge in [0.15, 0.2) is 0 Å². The van der Waals surface area contributed by atoms with Crippen molar-refractivity contribution < 1.29 is 9.59 Å². The van der Waals surface area contributed by atoms with Gasteiger partial charge in [-0.2, -0.15) is 0 Å². The molecule has 1 aromatic rings. The summed E-state index contributed by atoms with van der Waals surface area (Å²) >= 11 is 0. The first-order valence-electron chi connectivity index (χ1n) is 4.88. The molecular formula is C11H15N3O2. The van der Waals surface area contributed by atoms with E-state index in [2.05, 4.69) is 5.32 Å². The molecule has 0 radical (unpaired) electrons. The van der Waals surface area contributed by atoms with Crippen LogP contribution in [-0.2, 0) is 4.79 Å². The van der Waals surface area contributed by atoms with Gasteiger partial charge in [-0.25, -0.2) is 0 Å². The topological polar surface area (TPSA) is 98.2 Å². The van der Waals surface area contributed by atoms with E-state index >= 15 is 0 Å². The fourth-order valence-corrected chi connectivity index (χ4v) is 1.13. The summed E-state index contributed by atoms with van der Waals surface area (Å²) in [6.45, 7) is 3.38. The van der Waals surface area contributed by atoms with Gasteiger partial charge in [0.1, 0.15) is 6.04 Å². The minimum Gasteiger partial charge on any atom is -0.398 e. The zero-order valence-electron chi connectivity index (χ0n) is 9.28. The third-order valence-electron chi connectivity index (χ3n) is 2.32. The average Bonchev–Trinajstić information content (AvgIpc) is 2.21. The van der Waals surface area contributed by atoms with E-state index in [-0.39, 0.29) is 5.91 Å². The standard InChI is InChI=1S/C11H15N3O2/c1-6-3-4-8(5-9(6)12)11(16)14-7(2)10(13)15/h3-5,7H,12H2,1-2H3,(H2,13,15)(H,14,16). The number of hydrogen-bond donors (Lipinski definition) is 3. The van der Waals surface area contributed by atoms with Gasteiger partial charge in [0.25, 0.3) is 5.91 Å². The zero-order chi connectivity index (χ0) is 12.3. The third-order valence-corrected chi connectivity index (χ3v) is 2.32. The summed E-state index contributed by atoms with van der Waals surface area (Å²) in [5.41, 5.74) is 12.6. The number of aryl methyl sites for hydroxylation is 1. The molecule has 0 aromatic heterocycles. The molecule has 5 nitrogen and oxygen atoms in total. The summed E-state index contributed by atoms with van der Waals surface area (Å²) in [6, 6.07) is 4.27. The Morgan fingerprint density at radius 2 is 2.00 bits per heavy atom. The second-order valence-corrected chi connectivity index (χ2v) is 3.67. The Bertz CT molecular complexity index is 429. The quantitative estimate of drug-likeness (QED) is 0.635. The van der Waals surface area contributed by atoms with Crippen molar-refractivity contribution in [1.29, 1.82) is 0 Å². The lowest BCUT2D eigenvalue weighted by Crippen LogP contribution is -2.42. The summed E-state index contributed by atoms with van der Waals surface area (Å²) < 4.78 is 0. The Labute approximate surface area is 93.8 Å². The summed E-state index contributed by atoms with van der Waals surface area (Å²) in [6.07, 6.45) is 0. The molecule has 0 saturated carbocycles. The summed E-state index contributed by atoms with van der Waals surface area (Å²) in [5.74, 6) is -0.938. The van der Waals surface area contributed by atoms with Crippen LogP contribution in [0.2, 0.25) is 0 Å². The lowest BCUT2D eigenvalue weighted by molar-refractivity contribution is -0.119. The predicted molar refractivity (Wildman–Crippen MR) is 61.7 cm³/mol. The second kappa shape index (κ2) is 4.65. The molecule has 1 unspecified atom stereocenters. The molecule has 16 heavy (non-hydrogen) atoms. The maximum Gasteiger partial charge on any atom is 0.251 e. The largest absolute Gasteiger partial charge is 0.398 e. The molecule has 5 N–H and O–H groups in total. The molecule has 5 heteroatoms. The van der Waals surface area contributed by atoms with Gasteiger partial charge >= 0.3 is 0 Å². The molecule has 0 bridgehead atoms. The molecule has 0 aliphatic carbocycles. The number of nitrogen functional groups attached to an aromatic ring is 1. The number of hydrogen-bond acceptors (Lipinski definition) is 3. The fourth-order valence-electron chi connectivity index (χ4n) is 1.13. The number of carbonyl (C=O) groups excluding carboxylic acids is 2. The Hall–Kier alpha value is -2.04. The maximum absolute atomic E-state index is 11.6. The van der Waals surface area contributed by atoms with Gasteiger partial charge in [0.05, 0.1) is 0 Å². The number of nitrogens with one attached hydrogen (secondary N) is 1. The number of nitrogens with two attached hydrogens (primary N) is 2. The molecule has 0 aliphatic heterocycles. The molecule has 1 rings (SSSR count). The highest BCUT2D eigenvalue weighted by Crippen LogP contribution is 2.12. The van der Waals surface area contributed by atoms with E-state index < -0.39 is 11.9 Å². The van der Waals surface area contributed by atoms with Gasteiger partial charge in [0.2, 0.25) is 5.91 Å². The van der Waals surface area contributed by atoms with Crippen LogP contribution in [0.5, 0.6) is 0 Å². The summed E-state index contributed by atoms with van der Waals surface area (Å²) in [4.78, 5) is 22.4. The van der Waals surface area contributed by atoms with Crippen molar-refractivity contribution in [3.8, 4) is 0 Å². The van der Waals surface area contributed by atoms with E-state index in [1.165, 1.54) is 6.92 Å². The number of benzene rings is 1. The third kappa shape index (κ3) is 2.73. The molecule has 0 aliphatic rings. The molecule has 1 aromatic carbocycles. The highest BCUT2D eigenvalue weighted by Gasteiger charge is 2.13. The van der Waals surface area contributed by atoms with Gasteiger partial charge in [-0.15, -0.1) is 0 Å². The minimum absolute atomic E-state index is 0.363. The van der Waals surface area contributed by atoms with E-state index in [9.17, 15) is 9.59 Å². The highest BCUT2D eigenvalue weighted by atomic mass is 16.2. The Morgan fingerprint density at radius 1 is 1.38 bits per heavy atom. The summed E-state index contributed by atoms with van der Waals surface area (Å²) in [5, 5.41) is 2.47. The van der Waals surface area contributed by atoms with Crippen LogP contribution in [0.15, 0.2) is 18.2 Å². The van der Waals surface area contributed by atoms with Gasteiger partial charge in [-0.05, 0) is 31.5 Å². The van der Waals surface area contributed by atoms with E-state index in [1.54, 1.807) is 18.2 Å². The second-order valence-electron chi connectivity index (χ2n) is 3.67. The molecule has 0 fully saturated rings. The monoisotopic (exact) mass is 221 g/mol. The fraction of sp³-hybridized carbons (Fsp3) is 0.273. The van der Waals surface area contributed by atoms with Crippen molar-refractivity contribution in [2.45, 2.75) is 19.9 Å². The molecule has 0 saturated heterocycles. The van der Waals surface area contributed by atoms with E-state index in [0.29, 0.717) is 11.3 Å². The lowest BCUT2D eigenvalue weighted by Gasteiger charge is -2.10. The van der Waals surface area contributed by atoms with Crippen molar-refractivity contribution in [1.82, 2.24) is 5.32 Å². The van der Waals surface area contributed by atoms with Crippen molar-refractivity contribution in [2.24, 2.45) is 5.73 Å². The average molecular weight is 221 g/mol. The highest BCUT2D eigenvalue weighted by molar-refractivity contribution is 5.97. The van der Waals surface area contributed by atoms with Gasteiger partial charge < -0.3 is 16.8 Å². The molecule has 2 amide bonds. The van der Waals surface area contributed by atoms with Crippen LogP contribution in [0.3, 0.4) is 0 Å². The van der Waals surface area contributed by atoms with E-state index in [1.807, 2.05) is 6.92 Å². The van der Waals surface area contributed by atoms with Crippen LogP contribution in [0.1, 0.15) is 22.8 Å². The van der Waals surface area contributed by atoms with Gasteiger partial charge in [0, 0.05) is 11.3 Å². The van der Waals surface area contributed by atoms with Crippen LogP contribution >= 0.6 is 0 Å². The smallest absolute Gasteiger partial charge is 0.251 e. The Morgan fingerprint density at radius 3 is 2.50 bits per heavy atom. The molecule has 0 heterocycles. The molecule has 1 atom stereocenters. The van der Waals surface area contributed by atoms with Crippen LogP contribution in [-0.4, -0.2) is 17.9 Å². The van der Waals surface area contributed by atoms with Crippen LogP contribution in [0, 0.1) is 6.92 Å².